The van der Waals surface area contributed by atoms with E-state index >= 15 is 0 Å². The molecule has 0 aliphatic carbocycles. The molecule has 13 nitrogen and oxygen atoms in total. The number of nitrogens with two attached hydrogens (primary N) is 1. The highest BCUT2D eigenvalue weighted by atomic mass is 16.5. The third kappa shape index (κ3) is 4.46. The van der Waals surface area contributed by atoms with Gasteiger partial charge in [-0.2, -0.15) is 4.98 Å². The SMILES string of the molecule is CN(C)C(=O)C(=O)N1CCC(n2cnc3c(-c4cnc(N)nc4)nc(N4CCOCC4)nc32)CC1. The Kier molecular flexibility index (Phi) is 6.16. The summed E-state index contributed by atoms with van der Waals surface area (Å²) < 4.78 is 7.55. The van der Waals surface area contributed by atoms with Crippen LogP contribution in [0.4, 0.5) is 11.9 Å². The van der Waals surface area contributed by atoms with Crippen LogP contribution in [0, 0.1) is 0 Å². The Morgan fingerprint density at radius 3 is 2.37 bits per heavy atom. The number of aromatic nitrogens is 6. The Morgan fingerprint density at radius 2 is 1.71 bits per heavy atom. The minimum Gasteiger partial charge on any atom is -0.378 e. The van der Waals surface area contributed by atoms with E-state index in [4.69, 9.17) is 20.4 Å². The van der Waals surface area contributed by atoms with E-state index < -0.39 is 11.8 Å². The van der Waals surface area contributed by atoms with Crippen LogP contribution in [0.2, 0.25) is 0 Å². The second kappa shape index (κ2) is 9.41. The molecule has 0 bridgehead atoms. The first-order chi connectivity index (χ1) is 16.9. The zero-order chi connectivity index (χ0) is 24.5. The molecule has 0 aromatic carbocycles. The molecule has 0 unspecified atom stereocenters. The lowest BCUT2D eigenvalue weighted by Gasteiger charge is -2.33. The van der Waals surface area contributed by atoms with Crippen molar-refractivity contribution in [2.45, 2.75) is 18.9 Å². The van der Waals surface area contributed by atoms with E-state index in [9.17, 15) is 9.59 Å². The van der Waals surface area contributed by atoms with Gasteiger partial charge in [0.25, 0.3) is 0 Å². The van der Waals surface area contributed by atoms with Crippen LogP contribution in [0.1, 0.15) is 18.9 Å². The van der Waals surface area contributed by atoms with Crippen LogP contribution in [0.3, 0.4) is 0 Å². The van der Waals surface area contributed by atoms with Crippen LogP contribution < -0.4 is 10.6 Å². The van der Waals surface area contributed by atoms with Gasteiger partial charge in [-0.25, -0.2) is 19.9 Å². The lowest BCUT2D eigenvalue weighted by Crippen LogP contribution is -2.46. The molecule has 0 saturated carbocycles. The number of nitrogen functional groups attached to an aromatic ring is 1. The van der Waals surface area contributed by atoms with Crippen molar-refractivity contribution >= 4 is 34.9 Å². The van der Waals surface area contributed by atoms with Gasteiger partial charge in [-0.05, 0) is 12.8 Å². The van der Waals surface area contributed by atoms with Crippen molar-refractivity contribution < 1.29 is 14.3 Å². The number of hydrogen-bond donors (Lipinski definition) is 1. The average Bonchev–Trinajstić information content (AvgIpc) is 3.32. The van der Waals surface area contributed by atoms with Gasteiger partial charge in [0, 0.05) is 64.3 Å². The minimum atomic E-state index is -0.505. The number of anilines is 2. The first-order valence-electron chi connectivity index (χ1n) is 11.6. The number of nitrogens with zero attached hydrogens (tertiary/aromatic N) is 9. The van der Waals surface area contributed by atoms with Crippen LogP contribution in [0.15, 0.2) is 18.7 Å². The number of likely N-dealkylation sites (N-methyl/N-ethyl adjacent to an activating group) is 1. The molecular formula is C22H28N10O3. The number of amides is 2. The van der Waals surface area contributed by atoms with Gasteiger partial charge in [-0.3, -0.25) is 9.59 Å². The molecule has 3 aromatic rings. The van der Waals surface area contributed by atoms with Crippen molar-refractivity contribution in [3.8, 4) is 11.3 Å². The Labute approximate surface area is 201 Å². The third-order valence-electron chi connectivity index (χ3n) is 6.38. The highest BCUT2D eigenvalue weighted by Crippen LogP contribution is 2.31. The second-order valence-electron chi connectivity index (χ2n) is 8.85. The summed E-state index contributed by atoms with van der Waals surface area (Å²) in [5, 5.41) is 0. The Hall–Kier alpha value is -3.87. The largest absolute Gasteiger partial charge is 0.378 e. The van der Waals surface area contributed by atoms with Gasteiger partial charge in [0.05, 0.1) is 19.5 Å². The fraction of sp³-hybridized carbons (Fsp3) is 0.500. The number of rotatable bonds is 3. The van der Waals surface area contributed by atoms with E-state index in [0.29, 0.717) is 80.6 Å². The summed E-state index contributed by atoms with van der Waals surface area (Å²) in [5.74, 6) is -0.188. The number of morpholine rings is 1. The summed E-state index contributed by atoms with van der Waals surface area (Å²) in [6, 6.07) is 0.0847. The molecule has 2 N–H and O–H groups in total. The van der Waals surface area contributed by atoms with Gasteiger partial charge in [-0.1, -0.05) is 0 Å². The molecule has 5 heterocycles. The van der Waals surface area contributed by atoms with Gasteiger partial charge in [0.15, 0.2) is 5.65 Å². The molecule has 2 saturated heterocycles. The molecule has 184 valence electrons. The van der Waals surface area contributed by atoms with E-state index in [1.54, 1.807) is 37.7 Å². The van der Waals surface area contributed by atoms with Crippen LogP contribution in [0.5, 0.6) is 0 Å². The van der Waals surface area contributed by atoms with Gasteiger partial charge in [-0.15, -0.1) is 0 Å². The predicted molar refractivity (Wildman–Crippen MR) is 127 cm³/mol. The monoisotopic (exact) mass is 480 g/mol. The molecule has 5 rings (SSSR count). The molecule has 0 atom stereocenters. The molecule has 0 spiro atoms. The Balaban J connectivity index is 1.48. The van der Waals surface area contributed by atoms with Crippen molar-refractivity contribution in [1.29, 1.82) is 0 Å². The zero-order valence-electron chi connectivity index (χ0n) is 19.8. The molecule has 2 aliphatic rings. The standard InChI is InChI=1S/C22H28N10O3/c1-29(2)19(33)20(34)30-5-3-15(4-6-30)32-13-26-17-16(14-11-24-21(23)25-12-14)27-22(28-18(17)32)31-7-9-35-10-8-31/h11-13,15H,3-10H2,1-2H3,(H2,23,24,25). The predicted octanol–water partition coefficient (Wildman–Crippen LogP) is -0.0462. The van der Waals surface area contributed by atoms with E-state index in [2.05, 4.69) is 24.4 Å². The van der Waals surface area contributed by atoms with Gasteiger partial charge >= 0.3 is 11.8 Å². The average molecular weight is 481 g/mol. The second-order valence-corrected chi connectivity index (χ2v) is 8.85. The van der Waals surface area contributed by atoms with Gasteiger partial charge in [0.2, 0.25) is 11.9 Å². The fourth-order valence-corrected chi connectivity index (χ4v) is 4.41. The van der Waals surface area contributed by atoms with Gasteiger partial charge < -0.3 is 29.7 Å². The smallest absolute Gasteiger partial charge is 0.312 e. The Bertz CT molecular complexity index is 1230. The summed E-state index contributed by atoms with van der Waals surface area (Å²) in [6.45, 7) is 3.58. The lowest BCUT2D eigenvalue weighted by molar-refractivity contribution is -0.151. The van der Waals surface area contributed by atoms with Crippen molar-refractivity contribution in [3.05, 3.63) is 18.7 Å². The van der Waals surface area contributed by atoms with Crippen LogP contribution in [-0.2, 0) is 14.3 Å². The summed E-state index contributed by atoms with van der Waals surface area (Å²) >= 11 is 0. The quantitative estimate of drug-likeness (QED) is 0.506. The third-order valence-corrected chi connectivity index (χ3v) is 6.38. The molecule has 2 amide bonds. The van der Waals surface area contributed by atoms with E-state index in [-0.39, 0.29) is 12.0 Å². The number of likely N-dealkylation sites (tertiary alicyclic amines) is 1. The number of fused-ring (bicyclic) bond motifs is 1. The first kappa shape index (κ1) is 22.9. The highest BCUT2D eigenvalue weighted by molar-refractivity contribution is 6.34. The van der Waals surface area contributed by atoms with Crippen molar-refractivity contribution in [1.82, 2.24) is 39.3 Å². The number of hydrogen-bond acceptors (Lipinski definition) is 10. The maximum atomic E-state index is 12.4. The first-order valence-corrected chi connectivity index (χ1v) is 11.6. The molecular weight excluding hydrogens is 452 g/mol. The molecule has 35 heavy (non-hydrogen) atoms. The fourth-order valence-electron chi connectivity index (χ4n) is 4.41. The number of carbonyl (C=O) groups excluding carboxylic acids is 2. The van der Waals surface area contributed by atoms with E-state index in [0.717, 1.165) is 0 Å². The summed E-state index contributed by atoms with van der Waals surface area (Å²) in [7, 11) is 3.17. The Morgan fingerprint density at radius 1 is 1.03 bits per heavy atom. The number of ether oxygens (including phenoxy) is 1. The van der Waals surface area contributed by atoms with Crippen LogP contribution in [-0.4, -0.2) is 105 Å². The summed E-state index contributed by atoms with van der Waals surface area (Å²) in [5.41, 5.74) is 8.39. The maximum absolute atomic E-state index is 12.4. The van der Waals surface area contributed by atoms with E-state index in [1.165, 1.54) is 4.90 Å². The molecule has 13 heteroatoms. The zero-order valence-corrected chi connectivity index (χ0v) is 19.8. The van der Waals surface area contributed by atoms with Crippen LogP contribution in [0.25, 0.3) is 22.4 Å². The maximum Gasteiger partial charge on any atom is 0.312 e. The van der Waals surface area contributed by atoms with Crippen molar-refractivity contribution in [2.24, 2.45) is 0 Å². The lowest BCUT2D eigenvalue weighted by atomic mass is 10.0. The highest BCUT2D eigenvalue weighted by Gasteiger charge is 2.30. The van der Waals surface area contributed by atoms with E-state index in [1.807, 2.05) is 0 Å². The molecule has 0 radical (unpaired) electrons. The molecule has 2 fully saturated rings. The summed E-state index contributed by atoms with van der Waals surface area (Å²) in [4.78, 5) is 52.2. The minimum absolute atomic E-state index is 0.0847. The van der Waals surface area contributed by atoms with Crippen molar-refractivity contribution in [2.75, 3.05) is 64.1 Å². The molecule has 3 aromatic heterocycles. The number of piperidine rings is 1. The number of imidazole rings is 1. The van der Waals surface area contributed by atoms with Gasteiger partial charge in [0.1, 0.15) is 11.2 Å². The van der Waals surface area contributed by atoms with Crippen LogP contribution >= 0.6 is 0 Å². The summed E-state index contributed by atoms with van der Waals surface area (Å²) in [6.07, 6.45) is 6.43. The number of carbonyl (C=O) groups is 2. The topological polar surface area (TPSA) is 148 Å². The normalized spacial score (nSPS) is 17.1. The van der Waals surface area contributed by atoms with Crippen molar-refractivity contribution in [3.63, 3.8) is 0 Å². The molecule has 2 aliphatic heterocycles.